The number of hydrogen-bond donors (Lipinski definition) is 0. The molecule has 0 spiro atoms. The zero-order chi connectivity index (χ0) is 21.6. The standard InChI is InChI=1S/C26H35FO3/c1-3-5-7-8-9-11-19-29-25-18-15-22(20-24(25)27)21-13-16-23(17-14-21)30-26(28)12-10-6-4-2/h13-18,20H,3-12,19H2,1-2H3. The van der Waals surface area contributed by atoms with Crippen LogP contribution in [0.3, 0.4) is 0 Å². The van der Waals surface area contributed by atoms with E-state index in [9.17, 15) is 9.18 Å². The summed E-state index contributed by atoms with van der Waals surface area (Å²) in [6.07, 6.45) is 10.4. The minimum absolute atomic E-state index is 0.214. The summed E-state index contributed by atoms with van der Waals surface area (Å²) < 4.78 is 25.4. The molecule has 3 nitrogen and oxygen atoms in total. The third-order valence-electron chi connectivity index (χ3n) is 5.09. The summed E-state index contributed by atoms with van der Waals surface area (Å²) in [7, 11) is 0. The lowest BCUT2D eigenvalue weighted by atomic mass is 10.1. The van der Waals surface area contributed by atoms with Crippen molar-refractivity contribution in [2.75, 3.05) is 6.61 Å². The number of esters is 1. The lowest BCUT2D eigenvalue weighted by Gasteiger charge is -2.10. The van der Waals surface area contributed by atoms with Crippen molar-refractivity contribution in [3.05, 3.63) is 48.3 Å². The van der Waals surface area contributed by atoms with Crippen LogP contribution in [0.5, 0.6) is 11.5 Å². The summed E-state index contributed by atoms with van der Waals surface area (Å²) in [6, 6.07) is 12.2. The predicted octanol–water partition coefficient (Wildman–Crippen LogP) is 7.72. The van der Waals surface area contributed by atoms with Gasteiger partial charge >= 0.3 is 5.97 Å². The third-order valence-corrected chi connectivity index (χ3v) is 5.09. The zero-order valence-corrected chi connectivity index (χ0v) is 18.4. The Morgan fingerprint density at radius 3 is 2.13 bits per heavy atom. The van der Waals surface area contributed by atoms with Gasteiger partial charge in [0.05, 0.1) is 6.61 Å². The third kappa shape index (κ3) is 8.56. The summed E-state index contributed by atoms with van der Waals surface area (Å²) in [5.74, 6) is 0.239. The van der Waals surface area contributed by atoms with Gasteiger partial charge in [0.15, 0.2) is 11.6 Å². The van der Waals surface area contributed by atoms with Crippen molar-refractivity contribution in [2.45, 2.75) is 78.1 Å². The average Bonchev–Trinajstić information content (AvgIpc) is 2.75. The minimum Gasteiger partial charge on any atom is -0.491 e. The summed E-state index contributed by atoms with van der Waals surface area (Å²) >= 11 is 0. The highest BCUT2D eigenvalue weighted by molar-refractivity contribution is 5.73. The van der Waals surface area contributed by atoms with Crippen molar-refractivity contribution in [3.8, 4) is 22.6 Å². The van der Waals surface area contributed by atoms with E-state index in [1.165, 1.54) is 31.7 Å². The van der Waals surface area contributed by atoms with Crippen LogP contribution in [0.15, 0.2) is 42.5 Å². The van der Waals surface area contributed by atoms with Gasteiger partial charge in [-0.1, -0.05) is 77.0 Å². The summed E-state index contributed by atoms with van der Waals surface area (Å²) in [4.78, 5) is 11.8. The Bertz CT molecular complexity index is 755. The van der Waals surface area contributed by atoms with E-state index in [1.807, 2.05) is 18.2 Å². The molecule has 0 aromatic heterocycles. The van der Waals surface area contributed by atoms with Crippen LogP contribution in [-0.4, -0.2) is 12.6 Å². The largest absolute Gasteiger partial charge is 0.491 e. The Labute approximate surface area is 180 Å². The van der Waals surface area contributed by atoms with Crippen molar-refractivity contribution in [1.82, 2.24) is 0 Å². The summed E-state index contributed by atoms with van der Waals surface area (Å²) in [6.45, 7) is 4.84. The molecule has 2 aromatic carbocycles. The number of hydrogen-bond acceptors (Lipinski definition) is 3. The van der Waals surface area contributed by atoms with Crippen LogP contribution >= 0.6 is 0 Å². The van der Waals surface area contributed by atoms with E-state index >= 15 is 0 Å². The van der Waals surface area contributed by atoms with Gasteiger partial charge in [-0.25, -0.2) is 4.39 Å². The topological polar surface area (TPSA) is 35.5 Å². The van der Waals surface area contributed by atoms with Gasteiger partial charge in [-0.2, -0.15) is 0 Å². The number of halogens is 1. The molecule has 0 bridgehead atoms. The number of rotatable bonds is 14. The van der Waals surface area contributed by atoms with E-state index < -0.39 is 0 Å². The van der Waals surface area contributed by atoms with Gasteiger partial charge in [0.1, 0.15) is 5.75 Å². The Morgan fingerprint density at radius 2 is 1.43 bits per heavy atom. The maximum Gasteiger partial charge on any atom is 0.311 e. The van der Waals surface area contributed by atoms with E-state index in [0.717, 1.165) is 43.2 Å². The molecule has 2 aromatic rings. The monoisotopic (exact) mass is 414 g/mol. The van der Waals surface area contributed by atoms with Gasteiger partial charge in [-0.3, -0.25) is 4.79 Å². The van der Waals surface area contributed by atoms with Crippen LogP contribution in [0, 0.1) is 5.82 Å². The molecule has 0 heterocycles. The first kappa shape index (κ1) is 23.9. The molecule has 0 saturated heterocycles. The van der Waals surface area contributed by atoms with Crippen LogP contribution in [0.25, 0.3) is 11.1 Å². The molecule has 0 fully saturated rings. The van der Waals surface area contributed by atoms with Crippen LogP contribution < -0.4 is 9.47 Å². The Morgan fingerprint density at radius 1 is 0.800 bits per heavy atom. The van der Waals surface area contributed by atoms with Gasteiger partial charge in [0.25, 0.3) is 0 Å². The molecule has 0 aliphatic carbocycles. The molecule has 0 atom stereocenters. The fourth-order valence-electron chi connectivity index (χ4n) is 3.28. The van der Waals surface area contributed by atoms with Crippen LogP contribution in [-0.2, 0) is 4.79 Å². The fraction of sp³-hybridized carbons (Fsp3) is 0.500. The zero-order valence-electron chi connectivity index (χ0n) is 18.4. The predicted molar refractivity (Wildman–Crippen MR) is 120 cm³/mol. The van der Waals surface area contributed by atoms with Gasteiger partial charge in [0.2, 0.25) is 0 Å². The highest BCUT2D eigenvalue weighted by Crippen LogP contribution is 2.27. The van der Waals surface area contributed by atoms with E-state index in [1.54, 1.807) is 18.2 Å². The van der Waals surface area contributed by atoms with E-state index in [-0.39, 0.29) is 11.8 Å². The second-order valence-electron chi connectivity index (χ2n) is 7.72. The fourth-order valence-corrected chi connectivity index (χ4v) is 3.28. The first-order valence-corrected chi connectivity index (χ1v) is 11.4. The lowest BCUT2D eigenvalue weighted by Crippen LogP contribution is -2.07. The second-order valence-corrected chi connectivity index (χ2v) is 7.72. The van der Waals surface area contributed by atoms with Crippen LogP contribution in [0.2, 0.25) is 0 Å². The molecule has 0 radical (unpaired) electrons. The van der Waals surface area contributed by atoms with Crippen molar-refractivity contribution in [3.63, 3.8) is 0 Å². The maximum atomic E-state index is 14.4. The van der Waals surface area contributed by atoms with E-state index in [0.29, 0.717) is 24.5 Å². The van der Waals surface area contributed by atoms with Gasteiger partial charge in [0, 0.05) is 6.42 Å². The molecular formula is C26H35FO3. The minimum atomic E-state index is -0.357. The Hall–Kier alpha value is -2.36. The number of carbonyl (C=O) groups is 1. The lowest BCUT2D eigenvalue weighted by molar-refractivity contribution is -0.134. The first-order valence-electron chi connectivity index (χ1n) is 11.4. The van der Waals surface area contributed by atoms with Gasteiger partial charge in [-0.05, 0) is 48.2 Å². The molecule has 0 N–H and O–H groups in total. The quantitative estimate of drug-likeness (QED) is 0.180. The molecule has 0 unspecified atom stereocenters. The van der Waals surface area contributed by atoms with Gasteiger partial charge in [-0.15, -0.1) is 0 Å². The molecule has 0 aliphatic heterocycles. The van der Waals surface area contributed by atoms with E-state index in [4.69, 9.17) is 9.47 Å². The average molecular weight is 415 g/mol. The smallest absolute Gasteiger partial charge is 0.311 e. The normalized spacial score (nSPS) is 10.8. The highest BCUT2D eigenvalue weighted by atomic mass is 19.1. The number of carbonyl (C=O) groups excluding carboxylic acids is 1. The number of ether oxygens (including phenoxy) is 2. The summed E-state index contributed by atoms with van der Waals surface area (Å²) in [5, 5.41) is 0. The molecular weight excluding hydrogens is 379 g/mol. The van der Waals surface area contributed by atoms with Crippen molar-refractivity contribution in [1.29, 1.82) is 0 Å². The Kier molecular flexibility index (Phi) is 11.0. The molecule has 2 rings (SSSR count). The molecule has 0 aliphatic rings. The molecule has 0 saturated carbocycles. The Balaban J connectivity index is 1.83. The van der Waals surface area contributed by atoms with Crippen LogP contribution in [0.1, 0.15) is 78.1 Å². The van der Waals surface area contributed by atoms with E-state index in [2.05, 4.69) is 13.8 Å². The SMILES string of the molecule is CCCCCCCCOc1ccc(-c2ccc(OC(=O)CCCCC)cc2)cc1F. The summed E-state index contributed by atoms with van der Waals surface area (Å²) in [5.41, 5.74) is 1.63. The van der Waals surface area contributed by atoms with Crippen molar-refractivity contribution in [2.24, 2.45) is 0 Å². The first-order chi connectivity index (χ1) is 14.6. The molecule has 30 heavy (non-hydrogen) atoms. The number of unbranched alkanes of at least 4 members (excludes halogenated alkanes) is 7. The van der Waals surface area contributed by atoms with Gasteiger partial charge < -0.3 is 9.47 Å². The molecule has 4 heteroatoms. The van der Waals surface area contributed by atoms with Crippen LogP contribution in [0.4, 0.5) is 4.39 Å². The van der Waals surface area contributed by atoms with Crippen molar-refractivity contribution >= 4 is 5.97 Å². The molecule has 0 amide bonds. The van der Waals surface area contributed by atoms with Crippen molar-refractivity contribution < 1.29 is 18.7 Å². The highest BCUT2D eigenvalue weighted by Gasteiger charge is 2.08. The maximum absolute atomic E-state index is 14.4. The molecule has 164 valence electrons. The number of benzene rings is 2. The second kappa shape index (κ2) is 13.8.